The number of hydrogen-bond acceptors (Lipinski definition) is 9. The number of benzene rings is 2. The van der Waals surface area contributed by atoms with Crippen molar-refractivity contribution < 1.29 is 14.3 Å². The SMILES string of the molecule is CC1CCCCN1c1nnc2ccc(OC3CCC(NC(=O)NC(CC(=N)C(C)(C)C)=Nc4cccc(OCCN(C)C)c4)c4ccccc43)cn12. The van der Waals surface area contributed by atoms with E-state index < -0.39 is 0 Å². The van der Waals surface area contributed by atoms with Crippen LogP contribution in [0.15, 0.2) is 71.9 Å². The predicted octanol–water partition coefficient (Wildman–Crippen LogP) is 7.49. The second-order valence-electron chi connectivity index (χ2n) is 15.2. The second-order valence-corrected chi connectivity index (χ2v) is 15.2. The van der Waals surface area contributed by atoms with Crippen LogP contribution in [0.25, 0.3) is 5.65 Å². The molecule has 3 N–H and O–H groups in total. The number of carbonyl (C=O) groups is 1. The second kappa shape index (κ2) is 16.1. The summed E-state index contributed by atoms with van der Waals surface area (Å²) in [5, 5.41) is 23.9. The fourth-order valence-corrected chi connectivity index (χ4v) is 6.72. The number of pyridine rings is 1. The van der Waals surface area contributed by atoms with E-state index in [0.717, 1.165) is 54.4 Å². The molecule has 1 saturated heterocycles. The number of aromatic nitrogens is 3. The van der Waals surface area contributed by atoms with E-state index in [1.54, 1.807) is 0 Å². The number of nitrogens with one attached hydrogen (secondary N) is 3. The van der Waals surface area contributed by atoms with Gasteiger partial charge in [0.1, 0.15) is 30.0 Å². The Hall–Kier alpha value is -4.97. The molecule has 6 rings (SSSR count). The van der Waals surface area contributed by atoms with Crippen LogP contribution in [0.2, 0.25) is 0 Å². The Morgan fingerprint density at radius 2 is 1.81 bits per heavy atom. The fourth-order valence-electron chi connectivity index (χ4n) is 6.72. The molecule has 2 aliphatic rings. The number of nitrogens with zero attached hydrogens (tertiary/aromatic N) is 6. The standard InChI is InChI=1S/C40H53N9O3/c1-27-12-9-10-21-48(27)39-46-45-37-20-17-30(26-49(37)39)52-34-19-18-33(31-15-7-8-16-32(31)34)43-38(50)44-36(25-35(41)40(2,3)4)42-28-13-11-14-29(24-28)51-23-22-47(5)6/h7-8,11,13-17,20,24,26-27,33-34,41H,9-10,12,18-19,21-23,25H2,1-6H3,(H2,42,43,44,50). The molecule has 2 aromatic carbocycles. The molecule has 0 bridgehead atoms. The van der Waals surface area contributed by atoms with Gasteiger partial charge in [0, 0.05) is 37.3 Å². The summed E-state index contributed by atoms with van der Waals surface area (Å²) in [6.45, 7) is 10.5. The van der Waals surface area contributed by atoms with Crippen molar-refractivity contribution in [2.24, 2.45) is 10.4 Å². The highest BCUT2D eigenvalue weighted by atomic mass is 16.5. The van der Waals surface area contributed by atoms with Crippen molar-refractivity contribution in [3.8, 4) is 11.5 Å². The number of rotatable bonds is 11. The van der Waals surface area contributed by atoms with E-state index in [4.69, 9.17) is 19.9 Å². The zero-order chi connectivity index (χ0) is 36.8. The molecule has 0 saturated carbocycles. The van der Waals surface area contributed by atoms with Gasteiger partial charge in [-0.15, -0.1) is 10.2 Å². The molecule has 12 nitrogen and oxygen atoms in total. The van der Waals surface area contributed by atoms with Gasteiger partial charge < -0.3 is 30.0 Å². The van der Waals surface area contributed by atoms with Crippen LogP contribution < -0.4 is 25.0 Å². The lowest BCUT2D eigenvalue weighted by Crippen LogP contribution is -2.43. The summed E-state index contributed by atoms with van der Waals surface area (Å²) in [6, 6.07) is 19.4. The number of urea groups is 1. The van der Waals surface area contributed by atoms with Gasteiger partial charge in [-0.25, -0.2) is 9.79 Å². The summed E-state index contributed by atoms with van der Waals surface area (Å²) in [5.41, 5.74) is 3.59. The van der Waals surface area contributed by atoms with Gasteiger partial charge in [0.05, 0.1) is 17.9 Å². The first-order valence-corrected chi connectivity index (χ1v) is 18.4. The highest BCUT2D eigenvalue weighted by molar-refractivity contribution is 6.09. The van der Waals surface area contributed by atoms with E-state index in [1.165, 1.54) is 6.42 Å². The third-order valence-corrected chi connectivity index (χ3v) is 9.83. The number of fused-ring (bicyclic) bond motifs is 2. The van der Waals surface area contributed by atoms with Crippen LogP contribution >= 0.6 is 0 Å². The van der Waals surface area contributed by atoms with Crippen molar-refractivity contribution in [2.75, 3.05) is 38.7 Å². The number of aliphatic imine (C=N–C) groups is 1. The maximum Gasteiger partial charge on any atom is 0.320 e. The molecule has 2 amide bonds. The first-order valence-electron chi connectivity index (χ1n) is 18.4. The fraction of sp³-hybridized carbons (Fsp3) is 0.475. The van der Waals surface area contributed by atoms with Gasteiger partial charge in [0.25, 0.3) is 0 Å². The molecule has 52 heavy (non-hydrogen) atoms. The molecule has 1 aliphatic heterocycles. The molecule has 3 unspecified atom stereocenters. The Morgan fingerprint density at radius 1 is 1.00 bits per heavy atom. The molecule has 12 heteroatoms. The summed E-state index contributed by atoms with van der Waals surface area (Å²) < 4.78 is 14.6. The van der Waals surface area contributed by atoms with Crippen molar-refractivity contribution in [2.45, 2.75) is 84.4 Å². The van der Waals surface area contributed by atoms with Crippen molar-refractivity contribution in [1.29, 1.82) is 5.41 Å². The minimum Gasteiger partial charge on any atom is -0.492 e. The Bertz CT molecular complexity index is 1900. The van der Waals surface area contributed by atoms with Crippen molar-refractivity contribution in [1.82, 2.24) is 30.1 Å². The minimum absolute atomic E-state index is 0.180. The molecule has 276 valence electrons. The number of amidine groups is 1. The van der Waals surface area contributed by atoms with Gasteiger partial charge in [0.15, 0.2) is 5.65 Å². The molecule has 0 spiro atoms. The molecular formula is C40H53N9O3. The maximum absolute atomic E-state index is 13.6. The van der Waals surface area contributed by atoms with Gasteiger partial charge in [0.2, 0.25) is 5.95 Å². The Labute approximate surface area is 307 Å². The zero-order valence-electron chi connectivity index (χ0n) is 31.4. The number of carbonyl (C=O) groups excluding carboxylic acids is 1. The zero-order valence-corrected chi connectivity index (χ0v) is 31.4. The van der Waals surface area contributed by atoms with Crippen LogP contribution in [0.1, 0.15) is 89.5 Å². The number of piperidine rings is 1. The number of ether oxygens (including phenoxy) is 2. The van der Waals surface area contributed by atoms with Crippen molar-refractivity contribution in [3.05, 3.63) is 78.0 Å². The lowest BCUT2D eigenvalue weighted by Gasteiger charge is -2.33. The molecule has 4 aromatic rings. The van der Waals surface area contributed by atoms with Crippen LogP contribution in [0.4, 0.5) is 16.4 Å². The Balaban J connectivity index is 1.16. The van der Waals surface area contributed by atoms with E-state index in [-0.39, 0.29) is 30.0 Å². The number of likely N-dealkylation sites (N-methyl/N-ethyl adjacent to an activating group) is 1. The highest BCUT2D eigenvalue weighted by Crippen LogP contribution is 2.39. The lowest BCUT2D eigenvalue weighted by atomic mass is 9.85. The van der Waals surface area contributed by atoms with Crippen molar-refractivity contribution in [3.63, 3.8) is 0 Å². The average Bonchev–Trinajstić information content (AvgIpc) is 3.52. The van der Waals surface area contributed by atoms with Crippen LogP contribution in [0, 0.1) is 10.8 Å². The Kier molecular flexibility index (Phi) is 11.4. The highest BCUT2D eigenvalue weighted by Gasteiger charge is 2.30. The summed E-state index contributed by atoms with van der Waals surface area (Å²) in [4.78, 5) is 22.8. The third-order valence-electron chi connectivity index (χ3n) is 9.83. The van der Waals surface area contributed by atoms with Crippen molar-refractivity contribution >= 4 is 34.9 Å². The van der Waals surface area contributed by atoms with Crippen LogP contribution in [0.5, 0.6) is 11.5 Å². The summed E-state index contributed by atoms with van der Waals surface area (Å²) in [7, 11) is 4.00. The quantitative estimate of drug-likeness (QED) is 0.109. The monoisotopic (exact) mass is 707 g/mol. The third kappa shape index (κ3) is 9.08. The molecule has 2 aromatic heterocycles. The molecule has 1 fully saturated rings. The number of hydrogen-bond donors (Lipinski definition) is 3. The number of amides is 2. The summed E-state index contributed by atoms with van der Waals surface area (Å²) in [5.74, 6) is 2.70. The Morgan fingerprint density at radius 3 is 2.58 bits per heavy atom. The number of anilines is 1. The van der Waals surface area contributed by atoms with Crippen LogP contribution in [-0.2, 0) is 0 Å². The predicted molar refractivity (Wildman–Crippen MR) is 206 cm³/mol. The van der Waals surface area contributed by atoms with E-state index in [1.807, 2.05) is 94.0 Å². The first-order chi connectivity index (χ1) is 24.9. The normalized spacial score (nSPS) is 19.3. The van der Waals surface area contributed by atoms with Gasteiger partial charge in [-0.2, -0.15) is 0 Å². The van der Waals surface area contributed by atoms with E-state index >= 15 is 0 Å². The average molecular weight is 708 g/mol. The van der Waals surface area contributed by atoms with Crippen LogP contribution in [0.3, 0.4) is 0 Å². The maximum atomic E-state index is 13.6. The van der Waals surface area contributed by atoms with Gasteiger partial charge in [-0.3, -0.25) is 9.72 Å². The first kappa shape index (κ1) is 36.8. The largest absolute Gasteiger partial charge is 0.492 e. The van der Waals surface area contributed by atoms with Gasteiger partial charge >= 0.3 is 6.03 Å². The minimum atomic E-state index is -0.375. The smallest absolute Gasteiger partial charge is 0.320 e. The molecule has 3 atom stereocenters. The van der Waals surface area contributed by atoms with Crippen LogP contribution in [-0.4, -0.2) is 76.9 Å². The molecule has 0 radical (unpaired) electrons. The van der Waals surface area contributed by atoms with Gasteiger partial charge in [-0.05, 0) is 93.9 Å². The topological polar surface area (TPSA) is 132 Å². The van der Waals surface area contributed by atoms with E-state index in [9.17, 15) is 4.79 Å². The summed E-state index contributed by atoms with van der Waals surface area (Å²) in [6.07, 6.45) is 6.96. The summed E-state index contributed by atoms with van der Waals surface area (Å²) >= 11 is 0. The molecular weight excluding hydrogens is 654 g/mol. The lowest BCUT2D eigenvalue weighted by molar-refractivity contribution is 0.171. The molecule has 1 aliphatic carbocycles. The van der Waals surface area contributed by atoms with Gasteiger partial charge in [-0.1, -0.05) is 51.1 Å². The van der Waals surface area contributed by atoms with E-state index in [2.05, 4.69) is 49.7 Å². The van der Waals surface area contributed by atoms with E-state index in [0.29, 0.717) is 48.5 Å². The molecule has 3 heterocycles.